The summed E-state index contributed by atoms with van der Waals surface area (Å²) >= 11 is 0. The molecule has 0 aliphatic carbocycles. The van der Waals surface area contributed by atoms with Gasteiger partial charge in [0.05, 0.1) is 12.2 Å². The van der Waals surface area contributed by atoms with E-state index in [1.165, 1.54) is 0 Å². The maximum Gasteiger partial charge on any atom is 0.258 e. The Morgan fingerprint density at radius 2 is 1.55 bits per heavy atom. The van der Waals surface area contributed by atoms with Gasteiger partial charge in [0.1, 0.15) is 0 Å². The maximum atomic E-state index is 14.0. The van der Waals surface area contributed by atoms with E-state index in [1.807, 2.05) is 117 Å². The number of carbonyl (C=O) groups is 2. The highest BCUT2D eigenvalue weighted by Crippen LogP contribution is 2.39. The van der Waals surface area contributed by atoms with E-state index in [2.05, 4.69) is 10.3 Å². The molecule has 0 fully saturated rings. The van der Waals surface area contributed by atoms with E-state index >= 15 is 0 Å². The highest BCUT2D eigenvalue weighted by molar-refractivity contribution is 6.11. The monoisotopic (exact) mass is 525 g/mol. The number of anilines is 2. The van der Waals surface area contributed by atoms with Gasteiger partial charge in [0.2, 0.25) is 5.88 Å². The number of carbonyl (C=O) groups excluding carboxylic acids is 2. The van der Waals surface area contributed by atoms with Gasteiger partial charge in [-0.15, -0.1) is 0 Å². The zero-order valence-electron chi connectivity index (χ0n) is 22.2. The van der Waals surface area contributed by atoms with E-state index in [0.717, 1.165) is 27.8 Å². The maximum absolute atomic E-state index is 14.0. The number of aryl methyl sites for hydroxylation is 2. The van der Waals surface area contributed by atoms with Crippen molar-refractivity contribution in [2.75, 3.05) is 10.2 Å². The minimum atomic E-state index is -0.205. The SMILES string of the molecule is Cc1cc(C(=O)N2Cc3cccnc3Oc3ccccc32)c(C)cc1NC(=O)c1ccccc1-c1ccccc1. The molecule has 0 bridgehead atoms. The Bertz CT molecular complexity index is 1750. The average Bonchev–Trinajstić information content (AvgIpc) is 3.16. The van der Waals surface area contributed by atoms with Gasteiger partial charge in [-0.05, 0) is 72.5 Å². The van der Waals surface area contributed by atoms with Gasteiger partial charge in [-0.25, -0.2) is 4.98 Å². The van der Waals surface area contributed by atoms with Crippen molar-refractivity contribution in [1.82, 2.24) is 4.98 Å². The Morgan fingerprint density at radius 3 is 2.40 bits per heavy atom. The van der Waals surface area contributed by atoms with Crippen molar-refractivity contribution in [3.63, 3.8) is 0 Å². The van der Waals surface area contributed by atoms with Crippen molar-refractivity contribution in [3.05, 3.63) is 137 Å². The molecule has 0 saturated carbocycles. The molecule has 2 amide bonds. The number of nitrogens with one attached hydrogen (secondary N) is 1. The molecule has 0 unspecified atom stereocenters. The van der Waals surface area contributed by atoms with E-state index in [-0.39, 0.29) is 11.8 Å². The van der Waals surface area contributed by atoms with Crippen molar-refractivity contribution in [2.24, 2.45) is 0 Å². The highest BCUT2D eigenvalue weighted by atomic mass is 16.5. The third-order valence-corrected chi connectivity index (χ3v) is 7.09. The number of hydrogen-bond acceptors (Lipinski definition) is 4. The molecule has 6 rings (SSSR count). The second-order valence-electron chi connectivity index (χ2n) is 9.78. The van der Waals surface area contributed by atoms with Gasteiger partial charge >= 0.3 is 0 Å². The molecule has 1 aliphatic heterocycles. The standard InChI is InChI=1S/C34H27N3O3/c1-22-20-29(36-32(38)27-15-7-6-14-26(27)24-11-4-3-5-12-24)23(2)19-28(22)34(39)37-21-25-13-10-18-35-33(25)40-31-17-9-8-16-30(31)37/h3-20H,21H2,1-2H3,(H,36,38). The molecule has 1 aliphatic rings. The summed E-state index contributed by atoms with van der Waals surface area (Å²) in [6, 6.07) is 32.3. The van der Waals surface area contributed by atoms with E-state index in [4.69, 9.17) is 4.74 Å². The van der Waals surface area contributed by atoms with Crippen molar-refractivity contribution in [2.45, 2.75) is 20.4 Å². The van der Waals surface area contributed by atoms with Gasteiger partial charge in [0, 0.05) is 28.6 Å². The Morgan fingerprint density at radius 1 is 0.800 bits per heavy atom. The number of para-hydroxylation sites is 2. The van der Waals surface area contributed by atoms with Crippen LogP contribution in [0, 0.1) is 13.8 Å². The number of benzene rings is 4. The molecule has 40 heavy (non-hydrogen) atoms. The lowest BCUT2D eigenvalue weighted by atomic mass is 9.98. The van der Waals surface area contributed by atoms with Crippen LogP contribution in [0.3, 0.4) is 0 Å². The van der Waals surface area contributed by atoms with Crippen LogP contribution < -0.4 is 15.0 Å². The van der Waals surface area contributed by atoms with Gasteiger partial charge in [-0.2, -0.15) is 0 Å². The zero-order valence-corrected chi connectivity index (χ0v) is 22.2. The first-order valence-corrected chi connectivity index (χ1v) is 13.1. The van der Waals surface area contributed by atoms with Crippen LogP contribution in [0.1, 0.15) is 37.4 Å². The first-order valence-electron chi connectivity index (χ1n) is 13.1. The summed E-state index contributed by atoms with van der Waals surface area (Å²) in [6.07, 6.45) is 1.68. The molecule has 196 valence electrons. The lowest BCUT2D eigenvalue weighted by Gasteiger charge is -2.23. The fourth-order valence-corrected chi connectivity index (χ4v) is 5.01. The molecule has 4 aromatic carbocycles. The van der Waals surface area contributed by atoms with Crippen LogP contribution in [0.2, 0.25) is 0 Å². The molecule has 1 aromatic heterocycles. The van der Waals surface area contributed by atoms with Gasteiger partial charge in [0.25, 0.3) is 11.8 Å². The molecule has 0 radical (unpaired) electrons. The van der Waals surface area contributed by atoms with E-state index in [0.29, 0.717) is 40.7 Å². The van der Waals surface area contributed by atoms with Crippen LogP contribution in [0.25, 0.3) is 11.1 Å². The van der Waals surface area contributed by atoms with Crippen molar-refractivity contribution < 1.29 is 14.3 Å². The molecule has 0 atom stereocenters. The minimum absolute atomic E-state index is 0.152. The number of ether oxygens (including phenoxy) is 1. The Labute approximate surface area is 232 Å². The second-order valence-corrected chi connectivity index (χ2v) is 9.78. The predicted molar refractivity (Wildman–Crippen MR) is 157 cm³/mol. The fourth-order valence-electron chi connectivity index (χ4n) is 5.01. The molecule has 0 saturated heterocycles. The summed E-state index contributed by atoms with van der Waals surface area (Å²) in [5.41, 5.74) is 6.69. The number of nitrogens with zero attached hydrogens (tertiary/aromatic N) is 2. The van der Waals surface area contributed by atoms with Gasteiger partial charge in [-0.1, -0.05) is 66.7 Å². The van der Waals surface area contributed by atoms with Crippen LogP contribution in [0.4, 0.5) is 11.4 Å². The lowest BCUT2D eigenvalue weighted by Crippen LogP contribution is -2.30. The summed E-state index contributed by atoms with van der Waals surface area (Å²) in [6.45, 7) is 4.11. The van der Waals surface area contributed by atoms with E-state index in [9.17, 15) is 9.59 Å². The number of fused-ring (bicyclic) bond motifs is 2. The second kappa shape index (κ2) is 10.5. The van der Waals surface area contributed by atoms with Gasteiger partial charge < -0.3 is 15.0 Å². The quantitative estimate of drug-likeness (QED) is 0.263. The van der Waals surface area contributed by atoms with Gasteiger partial charge in [0.15, 0.2) is 5.75 Å². The summed E-state index contributed by atoms with van der Waals surface area (Å²) < 4.78 is 6.07. The number of amides is 2. The van der Waals surface area contributed by atoms with Crippen LogP contribution in [-0.4, -0.2) is 16.8 Å². The molecule has 5 aromatic rings. The summed E-state index contributed by atoms with van der Waals surface area (Å²) in [5.74, 6) is 0.708. The highest BCUT2D eigenvalue weighted by Gasteiger charge is 2.28. The van der Waals surface area contributed by atoms with E-state index in [1.54, 1.807) is 11.1 Å². The number of pyridine rings is 1. The molecular formula is C34H27N3O3. The lowest BCUT2D eigenvalue weighted by molar-refractivity contribution is 0.0983. The number of hydrogen-bond donors (Lipinski definition) is 1. The van der Waals surface area contributed by atoms with Crippen LogP contribution >= 0.6 is 0 Å². The van der Waals surface area contributed by atoms with E-state index < -0.39 is 0 Å². The Balaban J connectivity index is 1.31. The zero-order chi connectivity index (χ0) is 27.6. The summed E-state index contributed by atoms with van der Waals surface area (Å²) in [4.78, 5) is 33.5. The van der Waals surface area contributed by atoms with Gasteiger partial charge in [-0.3, -0.25) is 9.59 Å². The molecule has 6 nitrogen and oxygen atoms in total. The fraction of sp³-hybridized carbons (Fsp3) is 0.0882. The minimum Gasteiger partial charge on any atom is -0.436 e. The Kier molecular flexibility index (Phi) is 6.58. The first kappa shape index (κ1) is 25.1. The van der Waals surface area contributed by atoms with Crippen molar-refractivity contribution in [1.29, 1.82) is 0 Å². The molecule has 1 N–H and O–H groups in total. The van der Waals surface area contributed by atoms with Crippen LogP contribution in [0.15, 0.2) is 109 Å². The van der Waals surface area contributed by atoms with Crippen molar-refractivity contribution in [3.8, 4) is 22.8 Å². The smallest absolute Gasteiger partial charge is 0.258 e. The van der Waals surface area contributed by atoms with Crippen LogP contribution in [0.5, 0.6) is 11.6 Å². The summed E-state index contributed by atoms with van der Waals surface area (Å²) in [7, 11) is 0. The molecule has 2 heterocycles. The number of aromatic nitrogens is 1. The third-order valence-electron chi connectivity index (χ3n) is 7.09. The number of rotatable bonds is 4. The summed E-state index contributed by atoms with van der Waals surface area (Å²) in [5, 5.41) is 3.07. The topological polar surface area (TPSA) is 71.5 Å². The largest absolute Gasteiger partial charge is 0.436 e. The molecule has 6 heteroatoms. The predicted octanol–water partition coefficient (Wildman–Crippen LogP) is 7.57. The molecular weight excluding hydrogens is 498 g/mol. The molecule has 0 spiro atoms. The average molecular weight is 526 g/mol. The van der Waals surface area contributed by atoms with Crippen LogP contribution in [-0.2, 0) is 6.54 Å². The van der Waals surface area contributed by atoms with Crippen molar-refractivity contribution >= 4 is 23.2 Å². The third kappa shape index (κ3) is 4.71. The first-order chi connectivity index (χ1) is 19.5. The normalized spacial score (nSPS) is 12.0. The Hall–Kier alpha value is -5.23.